The zero-order valence-electron chi connectivity index (χ0n) is 74.9. The molecule has 2 aromatic heterocycles. The van der Waals surface area contributed by atoms with Crippen molar-refractivity contribution in [2.24, 2.45) is 0 Å². The van der Waals surface area contributed by atoms with Gasteiger partial charge < -0.3 is 46.2 Å². The van der Waals surface area contributed by atoms with Crippen molar-refractivity contribution in [2.45, 2.75) is 194 Å². The Bertz CT molecular complexity index is 5330. The van der Waals surface area contributed by atoms with Crippen LogP contribution in [0, 0.1) is 0 Å². The summed E-state index contributed by atoms with van der Waals surface area (Å²) >= 11 is 26.8. The Morgan fingerprint density at radius 1 is 0.306 bits per heavy atom. The number of halogens is 16. The van der Waals surface area contributed by atoms with Crippen LogP contribution in [0.5, 0.6) is 0 Å². The lowest BCUT2D eigenvalue weighted by molar-refractivity contribution is -0.138. The van der Waals surface area contributed by atoms with Gasteiger partial charge in [0.15, 0.2) is 0 Å². The van der Waals surface area contributed by atoms with Crippen molar-refractivity contribution in [1.29, 1.82) is 0 Å². The molecule has 10 aromatic rings. The standard InChI is InChI=1S/2C22H24ClF3N2O.C20H20ClF3N2O.C19H20ClF3N2OS.C18H22N2OS/c1-14-8-6-13-18(28(14)2)20(15-9-4-3-5-10-15)27-21(29)16-11-7-12-17(19(16)23)22(24,25)26;1-28-14-7-3-6-13-18(28)20(15-9-4-2-5-10-15)27-21(29)16-11-8-12-17(19(16)23)22(24,25)26;1-26-12-6-11-16(26)18(13-7-3-2-4-8-13)25-19(27)14-9-5-10-15(17(14)21)20(22,23)24;1-25-9-3-2-7-15(25)17(12-8-10-27-11-12)24-18(26)13-5-4-6-14(16(13)20)19(21,22)23;1-20-12-6-5-10-15(20)17(14-8-3-2-4-9-14)19-18(21)16-11-7-13-22-16/h3-5,7,9-12,14,18,20H,6,8,13H2,1-2H3,(H,27,29);2,4-5,8-12,18,20H,3,6-7,13-14H2,1H3,(H,27,29);2-5,7-10,16,18H,6,11-12H2,1H3,(H,25,27);4-6,8,10-11,15,17H,2-3,7,9H2,1H3,(H,24,26);2-4,7-9,11,13,15,17H,5-6,10,12H2,1H3,(H,19,21)/t14-,18-,20-;18-,20-;16-,18-;;/m111../s1. The lowest BCUT2D eigenvalue weighted by atomic mass is 9.88. The second-order valence-corrected chi connectivity index (χ2v) is 37.5. The highest BCUT2D eigenvalue weighted by molar-refractivity contribution is 7.12. The summed E-state index contributed by atoms with van der Waals surface area (Å²) in [5.74, 6) is -2.39. The quantitative estimate of drug-likeness (QED) is 0.0465. The predicted octanol–water partition coefficient (Wildman–Crippen LogP) is 25.4. The number of alkyl halides is 12. The van der Waals surface area contributed by atoms with Gasteiger partial charge in [-0.25, -0.2) is 0 Å². The summed E-state index contributed by atoms with van der Waals surface area (Å²) in [6.07, 6.45) is -2.78. The molecule has 11 atom stereocenters. The van der Waals surface area contributed by atoms with E-state index in [-0.39, 0.29) is 82.5 Å². The molecule has 4 unspecified atom stereocenters. The highest BCUT2D eigenvalue weighted by Crippen LogP contribution is 2.44. The number of benzene rings is 8. The molecule has 0 radical (unpaired) electrons. The number of amides is 5. The molecule has 7 heterocycles. The lowest BCUT2D eigenvalue weighted by Gasteiger charge is -2.42. The summed E-state index contributed by atoms with van der Waals surface area (Å²) in [5.41, 5.74) is 0.184. The van der Waals surface area contributed by atoms with Crippen LogP contribution in [0.25, 0.3) is 0 Å². The van der Waals surface area contributed by atoms with Crippen molar-refractivity contribution in [2.75, 3.05) is 61.4 Å². The summed E-state index contributed by atoms with van der Waals surface area (Å²) in [6, 6.07) is 57.8. The van der Waals surface area contributed by atoms with Gasteiger partial charge in [0.25, 0.3) is 29.5 Å². The molecule has 0 spiro atoms. The van der Waals surface area contributed by atoms with Crippen LogP contribution in [0.4, 0.5) is 52.7 Å². The van der Waals surface area contributed by atoms with Crippen LogP contribution in [0.2, 0.25) is 20.1 Å². The van der Waals surface area contributed by atoms with E-state index in [0.29, 0.717) is 12.1 Å². The number of hydrogen-bond donors (Lipinski definition) is 5. The molecular weight excluding hydrogens is 1870 g/mol. The van der Waals surface area contributed by atoms with Crippen LogP contribution in [0.15, 0.2) is 228 Å². The van der Waals surface area contributed by atoms with Crippen LogP contribution >= 0.6 is 69.1 Å². The maximum Gasteiger partial charge on any atom is 0.417 e. The van der Waals surface area contributed by atoms with Gasteiger partial charge in [-0.2, -0.15) is 64.0 Å². The van der Waals surface area contributed by atoms with Crippen molar-refractivity contribution in [3.8, 4) is 0 Å². The lowest BCUT2D eigenvalue weighted by Crippen LogP contribution is -2.50. The van der Waals surface area contributed by atoms with E-state index in [1.165, 1.54) is 89.6 Å². The van der Waals surface area contributed by atoms with Gasteiger partial charge in [0.2, 0.25) is 0 Å². The molecule has 0 bridgehead atoms. The number of piperidine rings is 3. The number of thiophene rings is 2. The first-order chi connectivity index (χ1) is 63.8. The Balaban J connectivity index is 0.000000162. The average Bonchev–Trinajstić information content (AvgIpc) is 1.15. The van der Waals surface area contributed by atoms with Gasteiger partial charge in [-0.05, 0) is 237 Å². The number of nitrogens with one attached hydrogen (secondary N) is 5. The molecule has 0 aliphatic carbocycles. The van der Waals surface area contributed by atoms with E-state index < -0.39 is 90.7 Å². The fourth-order valence-electron chi connectivity index (χ4n) is 18.2. The molecule has 0 saturated carbocycles. The van der Waals surface area contributed by atoms with Crippen LogP contribution in [0.1, 0.15) is 235 Å². The summed E-state index contributed by atoms with van der Waals surface area (Å²) in [6.45, 7) is 5.98. The number of carbonyl (C=O) groups excluding carboxylic acids is 5. The highest BCUT2D eigenvalue weighted by Gasteiger charge is 2.43. The van der Waals surface area contributed by atoms with Crippen LogP contribution in [-0.2, 0) is 24.7 Å². The van der Waals surface area contributed by atoms with Crippen LogP contribution in [0.3, 0.4) is 0 Å². The zero-order chi connectivity index (χ0) is 96.8. The average molecular weight is 1980 g/mol. The second kappa shape index (κ2) is 48.6. The van der Waals surface area contributed by atoms with E-state index in [0.717, 1.165) is 161 Å². The molecular formula is C101H110Cl4F12N10O5S2. The molecule has 5 aliphatic rings. The Morgan fingerprint density at radius 3 is 0.881 bits per heavy atom. The number of hydrogen-bond acceptors (Lipinski definition) is 12. The largest absolute Gasteiger partial charge is 0.417 e. The highest BCUT2D eigenvalue weighted by atomic mass is 35.5. The number of carbonyl (C=O) groups is 5. The van der Waals surface area contributed by atoms with E-state index in [1.54, 1.807) is 0 Å². The summed E-state index contributed by atoms with van der Waals surface area (Å²) in [4.78, 5) is 76.1. The molecule has 33 heteroatoms. The minimum atomic E-state index is -4.62. The summed E-state index contributed by atoms with van der Waals surface area (Å²) in [7, 11) is 10.2. The third-order valence-electron chi connectivity index (χ3n) is 25.5. The topological polar surface area (TPSA) is 162 Å². The van der Waals surface area contributed by atoms with Gasteiger partial charge in [0, 0.05) is 36.3 Å². The fraction of sp³-hybridized carbons (Fsp3) is 0.396. The number of likely N-dealkylation sites (tertiary alicyclic amines) is 5. The van der Waals surface area contributed by atoms with Crippen LogP contribution < -0.4 is 26.6 Å². The smallest absolute Gasteiger partial charge is 0.344 e. The molecule has 5 amide bonds. The normalized spacial score (nSPS) is 20.0. The SMILES string of the molecule is CN1CCCCC1C(NC(=O)c1cccc(C(F)(F)F)c1Cl)c1ccsc1.CN1CCCCC1C(NC(=O)c1cccs1)c1ccccc1.CN1CCCCC[C@@H]1[C@H](NC(=O)c1cccc(C(F)(F)F)c1Cl)c1ccccc1.CN1CCC[C@@H]1[C@H](NC(=O)c1cccc(C(F)(F)F)c1Cl)c1ccccc1.C[C@@H]1CCC[C@H]([C@H](NC(=O)c2cccc(C(F)(F)F)c2Cl)c2ccccc2)N1C. The Kier molecular flexibility index (Phi) is 38.1. The van der Waals surface area contributed by atoms with E-state index in [1.807, 2.05) is 172 Å². The van der Waals surface area contributed by atoms with Gasteiger partial charge in [-0.1, -0.05) is 230 Å². The molecule has 5 fully saturated rings. The van der Waals surface area contributed by atoms with Gasteiger partial charge in [0.05, 0.1) is 99.7 Å². The maximum atomic E-state index is 13.2. The molecule has 718 valence electrons. The van der Waals surface area contributed by atoms with Gasteiger partial charge in [0.1, 0.15) is 0 Å². The third kappa shape index (κ3) is 28.0. The Labute approximate surface area is 802 Å². The molecule has 15 rings (SSSR count). The third-order valence-corrected chi connectivity index (χ3v) is 28.7. The number of likely N-dealkylation sites (N-methyl/N-ethyl adjacent to an activating group) is 5. The molecule has 5 aliphatic heterocycles. The van der Waals surface area contributed by atoms with E-state index >= 15 is 0 Å². The number of rotatable bonds is 20. The molecule has 15 nitrogen and oxygen atoms in total. The fourth-order valence-corrected chi connectivity index (χ4v) is 20.8. The molecule has 134 heavy (non-hydrogen) atoms. The molecule has 5 saturated heterocycles. The van der Waals surface area contributed by atoms with E-state index in [4.69, 9.17) is 46.4 Å². The van der Waals surface area contributed by atoms with Gasteiger partial charge >= 0.3 is 24.7 Å². The minimum Gasteiger partial charge on any atom is -0.344 e. The first-order valence-electron chi connectivity index (χ1n) is 44.6. The first kappa shape index (κ1) is 105. The van der Waals surface area contributed by atoms with Crippen molar-refractivity contribution in [3.63, 3.8) is 0 Å². The number of nitrogens with zero attached hydrogens (tertiary/aromatic N) is 5. The Morgan fingerprint density at radius 2 is 0.590 bits per heavy atom. The summed E-state index contributed by atoms with van der Waals surface area (Å²) in [5, 5.41) is 18.6. The van der Waals surface area contributed by atoms with Gasteiger partial charge in [-0.3, -0.25) is 28.9 Å². The van der Waals surface area contributed by atoms with Gasteiger partial charge in [-0.15, -0.1) is 11.3 Å². The Hall–Kier alpha value is -9.37. The van der Waals surface area contributed by atoms with Crippen LogP contribution in [-0.4, -0.2) is 152 Å². The zero-order valence-corrected chi connectivity index (χ0v) is 79.5. The minimum absolute atomic E-state index is 0.0304. The maximum absolute atomic E-state index is 13.2. The van der Waals surface area contributed by atoms with Crippen molar-refractivity contribution in [3.05, 3.63) is 326 Å². The first-order valence-corrected chi connectivity index (χ1v) is 47.9. The molecule has 5 N–H and O–H groups in total. The van der Waals surface area contributed by atoms with E-state index in [2.05, 4.69) is 77.2 Å². The van der Waals surface area contributed by atoms with Crippen molar-refractivity contribution < 1.29 is 76.7 Å². The van der Waals surface area contributed by atoms with Crippen molar-refractivity contribution >= 4 is 98.6 Å². The van der Waals surface area contributed by atoms with E-state index in [9.17, 15) is 76.7 Å². The van der Waals surface area contributed by atoms with Crippen molar-refractivity contribution in [1.82, 2.24) is 51.1 Å². The second-order valence-electron chi connectivity index (χ2n) is 34.3. The predicted molar refractivity (Wildman–Crippen MR) is 507 cm³/mol. The monoisotopic (exact) mass is 1970 g/mol. The molecule has 8 aromatic carbocycles. The summed E-state index contributed by atoms with van der Waals surface area (Å²) < 4.78 is 158.